The first-order valence-corrected chi connectivity index (χ1v) is 5.86. The Labute approximate surface area is 106 Å². The molecule has 1 unspecified atom stereocenters. The van der Waals surface area contributed by atoms with Gasteiger partial charge in [0.25, 0.3) is 0 Å². The third kappa shape index (κ3) is 2.91. The summed E-state index contributed by atoms with van der Waals surface area (Å²) in [6, 6.07) is 7.24. The molecular formula is C14H16N2O2. The third-order valence-corrected chi connectivity index (χ3v) is 2.86. The van der Waals surface area contributed by atoms with Gasteiger partial charge in [-0.1, -0.05) is 36.4 Å². The van der Waals surface area contributed by atoms with E-state index in [9.17, 15) is 5.11 Å². The summed E-state index contributed by atoms with van der Waals surface area (Å²) in [5.74, 6) is 0. The zero-order valence-corrected chi connectivity index (χ0v) is 10.0. The zero-order chi connectivity index (χ0) is 12.8. The fourth-order valence-electron chi connectivity index (χ4n) is 1.75. The van der Waals surface area contributed by atoms with Crippen LogP contribution in [0.15, 0.2) is 58.8 Å². The van der Waals surface area contributed by atoms with E-state index < -0.39 is 5.54 Å². The highest BCUT2D eigenvalue weighted by molar-refractivity contribution is 5.39. The predicted molar refractivity (Wildman–Crippen MR) is 69.6 cm³/mol. The van der Waals surface area contributed by atoms with Crippen molar-refractivity contribution >= 4 is 5.69 Å². The third-order valence-electron chi connectivity index (χ3n) is 2.86. The molecule has 0 fully saturated rings. The van der Waals surface area contributed by atoms with Crippen LogP contribution in [0.5, 0.6) is 0 Å². The van der Waals surface area contributed by atoms with E-state index in [1.165, 1.54) is 0 Å². The zero-order valence-electron chi connectivity index (χ0n) is 10.0. The first kappa shape index (κ1) is 12.7. The Bertz CT molecular complexity index is 494. The average molecular weight is 244 g/mol. The molecule has 1 aliphatic carbocycles. The number of nitrogens with zero attached hydrogens (tertiary/aromatic N) is 2. The summed E-state index contributed by atoms with van der Waals surface area (Å²) in [4.78, 5) is 0. The van der Waals surface area contributed by atoms with Crippen LogP contribution in [-0.4, -0.2) is 22.4 Å². The Kier molecular flexibility index (Phi) is 4.02. The Hall–Kier alpha value is -1.78. The van der Waals surface area contributed by atoms with Crippen LogP contribution in [0, 0.1) is 0 Å². The lowest BCUT2D eigenvalue weighted by molar-refractivity contribution is 0.224. The van der Waals surface area contributed by atoms with Crippen molar-refractivity contribution in [1.29, 1.82) is 0 Å². The van der Waals surface area contributed by atoms with E-state index in [4.69, 9.17) is 5.11 Å². The maximum Gasteiger partial charge on any atom is 0.127 e. The molecule has 2 N–H and O–H groups in total. The number of hydrogen-bond acceptors (Lipinski definition) is 4. The minimum absolute atomic E-state index is 0.0167. The standard InChI is InChI=1S/C14H16N2O2/c17-10-12-5-4-6-13(9-12)15-16-14(11-18)7-2-1-3-8-14/h1-7,9,17-18H,8,10-11H2. The van der Waals surface area contributed by atoms with E-state index in [1.807, 2.05) is 42.5 Å². The van der Waals surface area contributed by atoms with Crippen LogP contribution in [0.3, 0.4) is 0 Å². The molecule has 1 aromatic rings. The van der Waals surface area contributed by atoms with E-state index in [2.05, 4.69) is 10.2 Å². The summed E-state index contributed by atoms with van der Waals surface area (Å²) in [6.45, 7) is -0.0891. The van der Waals surface area contributed by atoms with Gasteiger partial charge in [-0.05, 0) is 24.1 Å². The van der Waals surface area contributed by atoms with Gasteiger partial charge in [-0.3, -0.25) is 0 Å². The number of azo groups is 1. The largest absolute Gasteiger partial charge is 0.393 e. The molecule has 1 aromatic carbocycles. The van der Waals surface area contributed by atoms with Crippen molar-refractivity contribution in [2.24, 2.45) is 10.2 Å². The van der Waals surface area contributed by atoms with Crippen LogP contribution in [0.4, 0.5) is 5.69 Å². The monoisotopic (exact) mass is 244 g/mol. The first-order chi connectivity index (χ1) is 8.78. The molecule has 1 atom stereocenters. The molecule has 4 heteroatoms. The van der Waals surface area contributed by atoms with Crippen molar-refractivity contribution in [2.75, 3.05) is 6.61 Å². The second kappa shape index (κ2) is 5.71. The molecule has 0 amide bonds. The Morgan fingerprint density at radius 2 is 2.11 bits per heavy atom. The summed E-state index contributed by atoms with van der Waals surface area (Å²) >= 11 is 0. The van der Waals surface area contributed by atoms with Crippen LogP contribution in [0.1, 0.15) is 12.0 Å². The van der Waals surface area contributed by atoms with Crippen LogP contribution in [0.2, 0.25) is 0 Å². The number of benzene rings is 1. The number of hydrogen-bond donors (Lipinski definition) is 2. The van der Waals surface area contributed by atoms with Crippen LogP contribution in [-0.2, 0) is 6.61 Å². The molecular weight excluding hydrogens is 228 g/mol. The van der Waals surface area contributed by atoms with Crippen molar-refractivity contribution in [2.45, 2.75) is 18.6 Å². The molecule has 0 heterocycles. The highest BCUT2D eigenvalue weighted by Crippen LogP contribution is 2.25. The summed E-state index contributed by atoms with van der Waals surface area (Å²) in [7, 11) is 0. The highest BCUT2D eigenvalue weighted by atomic mass is 16.3. The Morgan fingerprint density at radius 3 is 2.78 bits per heavy atom. The van der Waals surface area contributed by atoms with E-state index in [-0.39, 0.29) is 13.2 Å². The second-order valence-corrected chi connectivity index (χ2v) is 4.28. The molecule has 0 saturated carbocycles. The van der Waals surface area contributed by atoms with Crippen molar-refractivity contribution in [3.8, 4) is 0 Å². The Morgan fingerprint density at radius 1 is 1.22 bits per heavy atom. The van der Waals surface area contributed by atoms with Crippen molar-refractivity contribution < 1.29 is 10.2 Å². The lowest BCUT2D eigenvalue weighted by atomic mass is 9.93. The molecule has 0 bridgehead atoms. The van der Waals surface area contributed by atoms with Gasteiger partial charge in [-0.15, -0.1) is 0 Å². The van der Waals surface area contributed by atoms with E-state index in [0.717, 1.165) is 5.56 Å². The van der Waals surface area contributed by atoms with Gasteiger partial charge in [0.15, 0.2) is 0 Å². The van der Waals surface area contributed by atoms with Crippen LogP contribution < -0.4 is 0 Å². The molecule has 1 aliphatic rings. The summed E-state index contributed by atoms with van der Waals surface area (Å²) in [6.07, 6.45) is 8.24. The van der Waals surface area contributed by atoms with Gasteiger partial charge in [0.2, 0.25) is 0 Å². The van der Waals surface area contributed by atoms with Gasteiger partial charge in [0, 0.05) is 0 Å². The highest BCUT2D eigenvalue weighted by Gasteiger charge is 2.25. The molecule has 0 saturated heterocycles. The molecule has 0 spiro atoms. The summed E-state index contributed by atoms with van der Waals surface area (Å²) in [5, 5.41) is 26.9. The normalized spacial score (nSPS) is 22.8. The van der Waals surface area contributed by atoms with E-state index >= 15 is 0 Å². The first-order valence-electron chi connectivity index (χ1n) is 5.86. The fraction of sp³-hybridized carbons (Fsp3) is 0.286. The quantitative estimate of drug-likeness (QED) is 0.799. The van der Waals surface area contributed by atoms with Gasteiger partial charge in [0.05, 0.1) is 18.9 Å². The Balaban J connectivity index is 2.18. The summed E-state index contributed by atoms with van der Waals surface area (Å²) < 4.78 is 0. The van der Waals surface area contributed by atoms with Gasteiger partial charge in [0.1, 0.15) is 5.54 Å². The number of aliphatic hydroxyl groups excluding tert-OH is 2. The van der Waals surface area contributed by atoms with E-state index in [0.29, 0.717) is 12.1 Å². The average Bonchev–Trinajstić information content (AvgIpc) is 2.46. The predicted octanol–water partition coefficient (Wildman–Crippen LogP) is 2.51. The molecule has 0 aliphatic heterocycles. The van der Waals surface area contributed by atoms with Gasteiger partial charge in [-0.2, -0.15) is 10.2 Å². The number of allylic oxidation sites excluding steroid dienone is 2. The maximum atomic E-state index is 9.44. The topological polar surface area (TPSA) is 65.2 Å². The minimum atomic E-state index is -0.649. The molecule has 2 rings (SSSR count). The van der Waals surface area contributed by atoms with Gasteiger partial charge in [-0.25, -0.2) is 0 Å². The van der Waals surface area contributed by atoms with E-state index in [1.54, 1.807) is 6.07 Å². The lowest BCUT2D eigenvalue weighted by Gasteiger charge is -2.22. The van der Waals surface area contributed by atoms with Crippen molar-refractivity contribution in [3.05, 3.63) is 54.1 Å². The minimum Gasteiger partial charge on any atom is -0.393 e. The van der Waals surface area contributed by atoms with Crippen molar-refractivity contribution in [3.63, 3.8) is 0 Å². The van der Waals surface area contributed by atoms with Crippen molar-refractivity contribution in [1.82, 2.24) is 0 Å². The molecule has 0 radical (unpaired) electrons. The fourth-order valence-corrected chi connectivity index (χ4v) is 1.75. The molecule has 0 aromatic heterocycles. The lowest BCUT2D eigenvalue weighted by Crippen LogP contribution is -2.28. The smallest absolute Gasteiger partial charge is 0.127 e. The molecule has 18 heavy (non-hydrogen) atoms. The molecule has 94 valence electrons. The summed E-state index contributed by atoms with van der Waals surface area (Å²) in [5.41, 5.74) is 0.824. The van der Waals surface area contributed by atoms with Crippen LogP contribution >= 0.6 is 0 Å². The second-order valence-electron chi connectivity index (χ2n) is 4.28. The van der Waals surface area contributed by atoms with Gasteiger partial charge < -0.3 is 10.2 Å². The number of rotatable bonds is 4. The molecule has 4 nitrogen and oxygen atoms in total. The van der Waals surface area contributed by atoms with Gasteiger partial charge >= 0.3 is 0 Å². The SMILES string of the molecule is OCc1cccc(N=NC2(CO)C=CC=CC2)c1. The maximum absolute atomic E-state index is 9.44. The number of aliphatic hydroxyl groups is 2. The van der Waals surface area contributed by atoms with Crippen LogP contribution in [0.25, 0.3) is 0 Å².